The fraction of sp³-hybridized carbons (Fsp3) is 0.143. The van der Waals surface area contributed by atoms with Crippen molar-refractivity contribution in [1.29, 1.82) is 5.26 Å². The average molecular weight is 378 g/mol. The number of nitriles is 1. The summed E-state index contributed by atoms with van der Waals surface area (Å²) in [5.41, 5.74) is 3.42. The number of ether oxygens (including phenoxy) is 1. The fourth-order valence-corrected chi connectivity index (χ4v) is 3.86. The number of thioether (sulfide) groups is 1. The van der Waals surface area contributed by atoms with Gasteiger partial charge >= 0.3 is 5.97 Å². The smallest absolute Gasteiger partial charge is 0.353 e. The third-order valence-electron chi connectivity index (χ3n) is 4.44. The van der Waals surface area contributed by atoms with Gasteiger partial charge in [0, 0.05) is 17.5 Å². The Balaban J connectivity index is 2.16. The van der Waals surface area contributed by atoms with E-state index in [0.717, 1.165) is 16.0 Å². The molecular weight excluding hydrogens is 360 g/mol. The third-order valence-corrected chi connectivity index (χ3v) is 5.24. The number of aromatic carboxylic acids is 1. The Kier molecular flexibility index (Phi) is 5.24. The van der Waals surface area contributed by atoms with E-state index in [1.165, 1.54) is 11.7 Å². The van der Waals surface area contributed by atoms with Crippen LogP contribution in [0.4, 0.5) is 0 Å². The van der Waals surface area contributed by atoms with Crippen molar-refractivity contribution in [3.63, 3.8) is 0 Å². The average Bonchev–Trinajstić information content (AvgIpc) is 2.99. The van der Waals surface area contributed by atoms with E-state index < -0.39 is 5.97 Å². The molecule has 0 aliphatic rings. The molecule has 0 aliphatic carbocycles. The number of rotatable bonds is 5. The topological polar surface area (TPSA) is 75.2 Å². The highest BCUT2D eigenvalue weighted by atomic mass is 32.2. The number of nitrogens with zero attached hydrogens (tertiary/aromatic N) is 2. The van der Waals surface area contributed by atoms with Crippen molar-refractivity contribution in [2.24, 2.45) is 7.05 Å². The van der Waals surface area contributed by atoms with E-state index in [1.54, 1.807) is 18.8 Å². The zero-order valence-corrected chi connectivity index (χ0v) is 16.0. The van der Waals surface area contributed by atoms with Gasteiger partial charge in [0.1, 0.15) is 17.3 Å². The quantitative estimate of drug-likeness (QED) is 0.654. The van der Waals surface area contributed by atoms with Gasteiger partial charge in [-0.2, -0.15) is 5.26 Å². The lowest BCUT2D eigenvalue weighted by molar-refractivity contribution is 0.0686. The van der Waals surface area contributed by atoms with Gasteiger partial charge in [-0.05, 0) is 29.0 Å². The minimum absolute atomic E-state index is 0.0284. The number of hydrogen-bond donors (Lipinski definition) is 1. The first-order valence-electron chi connectivity index (χ1n) is 8.17. The van der Waals surface area contributed by atoms with Gasteiger partial charge in [-0.25, -0.2) is 4.79 Å². The van der Waals surface area contributed by atoms with Crippen LogP contribution < -0.4 is 4.74 Å². The lowest BCUT2D eigenvalue weighted by Gasteiger charge is -2.09. The number of aromatic nitrogens is 1. The molecule has 1 aromatic heterocycles. The molecule has 0 bridgehead atoms. The number of carboxylic acids is 1. The van der Waals surface area contributed by atoms with Crippen LogP contribution in [0.25, 0.3) is 22.3 Å². The summed E-state index contributed by atoms with van der Waals surface area (Å²) in [5.74, 6) is -0.870. The van der Waals surface area contributed by atoms with Gasteiger partial charge in [-0.1, -0.05) is 42.5 Å². The molecule has 1 N–H and O–H groups in total. The van der Waals surface area contributed by atoms with Gasteiger partial charge in [0.05, 0.1) is 7.11 Å². The second kappa shape index (κ2) is 7.60. The summed E-state index contributed by atoms with van der Waals surface area (Å²) in [7, 11) is 3.00. The van der Waals surface area contributed by atoms with Crippen molar-refractivity contribution in [3.8, 4) is 34.2 Å². The zero-order chi connectivity index (χ0) is 19.6. The molecule has 3 aromatic rings. The van der Waals surface area contributed by atoms with Crippen molar-refractivity contribution in [1.82, 2.24) is 4.57 Å². The van der Waals surface area contributed by atoms with Crippen LogP contribution in [0, 0.1) is 11.3 Å². The van der Waals surface area contributed by atoms with E-state index >= 15 is 0 Å². The highest BCUT2D eigenvalue weighted by Crippen LogP contribution is 2.38. The Hall–Kier alpha value is -3.17. The van der Waals surface area contributed by atoms with Crippen LogP contribution in [0.1, 0.15) is 16.1 Å². The summed E-state index contributed by atoms with van der Waals surface area (Å²) in [4.78, 5) is 13.0. The molecule has 6 heteroatoms. The van der Waals surface area contributed by atoms with E-state index in [0.29, 0.717) is 11.1 Å². The van der Waals surface area contributed by atoms with Crippen LogP contribution in [-0.4, -0.2) is 29.0 Å². The zero-order valence-electron chi connectivity index (χ0n) is 15.2. The van der Waals surface area contributed by atoms with Crippen molar-refractivity contribution in [2.45, 2.75) is 4.90 Å². The first-order chi connectivity index (χ1) is 13.0. The predicted octanol–water partition coefficient (Wildman–Crippen LogP) is 4.66. The van der Waals surface area contributed by atoms with Crippen molar-refractivity contribution < 1.29 is 14.6 Å². The lowest BCUT2D eigenvalue weighted by Crippen LogP contribution is -2.06. The second-order valence-corrected chi connectivity index (χ2v) is 6.71. The van der Waals surface area contributed by atoms with Crippen LogP contribution in [-0.2, 0) is 7.05 Å². The molecule has 136 valence electrons. The molecule has 3 rings (SSSR count). The van der Waals surface area contributed by atoms with E-state index in [-0.39, 0.29) is 17.1 Å². The maximum Gasteiger partial charge on any atom is 0.353 e. The fourth-order valence-electron chi connectivity index (χ4n) is 3.24. The number of hydrogen-bond acceptors (Lipinski definition) is 4. The van der Waals surface area contributed by atoms with Crippen LogP contribution in [0.15, 0.2) is 53.4 Å². The molecule has 1 heterocycles. The molecule has 0 spiro atoms. The maximum absolute atomic E-state index is 11.8. The molecule has 0 saturated carbocycles. The molecule has 5 nitrogen and oxygen atoms in total. The van der Waals surface area contributed by atoms with Crippen molar-refractivity contribution in [2.75, 3.05) is 13.4 Å². The molecule has 0 saturated heterocycles. The number of benzene rings is 2. The summed E-state index contributed by atoms with van der Waals surface area (Å²) in [5, 5.41) is 19.2. The first kappa shape index (κ1) is 18.6. The third kappa shape index (κ3) is 3.18. The summed E-state index contributed by atoms with van der Waals surface area (Å²) in [6, 6.07) is 17.7. The van der Waals surface area contributed by atoms with Gasteiger partial charge in [0.2, 0.25) is 5.88 Å². The summed E-state index contributed by atoms with van der Waals surface area (Å²) in [6.45, 7) is 0. The number of carboxylic acid groups (broad SMARTS) is 1. The van der Waals surface area contributed by atoms with Gasteiger partial charge in [-0.15, -0.1) is 11.8 Å². The Bertz CT molecular complexity index is 1050. The summed E-state index contributed by atoms with van der Waals surface area (Å²) >= 11 is 1.67. The maximum atomic E-state index is 11.8. The van der Waals surface area contributed by atoms with Crippen LogP contribution in [0.5, 0.6) is 5.88 Å². The number of carbonyl (C=O) groups is 1. The van der Waals surface area contributed by atoms with E-state index in [1.807, 2.05) is 42.7 Å². The largest absolute Gasteiger partial charge is 0.481 e. The molecule has 0 aliphatic heterocycles. The van der Waals surface area contributed by atoms with E-state index in [9.17, 15) is 15.2 Å². The normalized spacial score (nSPS) is 10.4. The molecule has 0 radical (unpaired) electrons. The monoisotopic (exact) mass is 378 g/mol. The van der Waals surface area contributed by atoms with E-state index in [2.05, 4.69) is 18.2 Å². The molecule has 0 unspecified atom stereocenters. The Morgan fingerprint density at radius 3 is 2.33 bits per heavy atom. The van der Waals surface area contributed by atoms with Gasteiger partial charge < -0.3 is 14.4 Å². The standard InChI is InChI=1S/C21H18N2O3S/c1-23-19(21(24)25)18(16(12-22)20(23)26-2)14-10-8-13(9-11-14)15-6-4-5-7-17(15)27-3/h4-11H,1-3H3,(H,24,25). The Labute approximate surface area is 161 Å². The van der Waals surface area contributed by atoms with Gasteiger partial charge in [-0.3, -0.25) is 0 Å². The first-order valence-corrected chi connectivity index (χ1v) is 9.39. The Morgan fingerprint density at radius 2 is 1.78 bits per heavy atom. The summed E-state index contributed by atoms with van der Waals surface area (Å²) < 4.78 is 6.65. The Morgan fingerprint density at radius 1 is 1.15 bits per heavy atom. The lowest BCUT2D eigenvalue weighted by atomic mass is 9.98. The highest BCUT2D eigenvalue weighted by molar-refractivity contribution is 7.98. The minimum atomic E-state index is -1.11. The van der Waals surface area contributed by atoms with E-state index in [4.69, 9.17) is 4.74 Å². The van der Waals surface area contributed by atoms with Crippen molar-refractivity contribution in [3.05, 3.63) is 59.8 Å². The summed E-state index contributed by atoms with van der Waals surface area (Å²) in [6.07, 6.45) is 2.03. The highest BCUT2D eigenvalue weighted by Gasteiger charge is 2.27. The van der Waals surface area contributed by atoms with Crippen LogP contribution in [0.3, 0.4) is 0 Å². The van der Waals surface area contributed by atoms with Gasteiger partial charge in [0.25, 0.3) is 0 Å². The molecular formula is C21H18N2O3S. The molecule has 2 aromatic carbocycles. The van der Waals surface area contributed by atoms with Crippen LogP contribution in [0.2, 0.25) is 0 Å². The van der Waals surface area contributed by atoms with Gasteiger partial charge in [0.15, 0.2) is 0 Å². The molecule has 0 amide bonds. The number of methoxy groups -OCH3 is 1. The minimum Gasteiger partial charge on any atom is -0.481 e. The SMILES string of the molecule is COc1c(C#N)c(-c2ccc(-c3ccccc3SC)cc2)c(C(=O)O)n1C. The predicted molar refractivity (Wildman–Crippen MR) is 106 cm³/mol. The molecule has 0 fully saturated rings. The second-order valence-electron chi connectivity index (χ2n) is 5.86. The van der Waals surface area contributed by atoms with Crippen LogP contribution >= 0.6 is 11.8 Å². The van der Waals surface area contributed by atoms with Crippen molar-refractivity contribution >= 4 is 17.7 Å². The molecule has 27 heavy (non-hydrogen) atoms. The molecule has 0 atom stereocenters.